The number of amides is 2. The Morgan fingerprint density at radius 1 is 0.815 bits per heavy atom. The van der Waals surface area contributed by atoms with Gasteiger partial charge in [-0.25, -0.2) is 4.79 Å². The summed E-state index contributed by atoms with van der Waals surface area (Å²) in [6, 6.07) is 14.1. The van der Waals surface area contributed by atoms with Crippen molar-refractivity contribution in [3.05, 3.63) is 75.9 Å². The van der Waals surface area contributed by atoms with Gasteiger partial charge in [0.2, 0.25) is 0 Å². The number of carbonyl (C=O) groups excluding carboxylic acids is 3. The fourth-order valence-corrected chi connectivity index (χ4v) is 5.26. The van der Waals surface area contributed by atoms with Crippen LogP contribution in [0.4, 0.5) is 0 Å². The number of hydrogen-bond donors (Lipinski definition) is 0. The molecule has 134 valence electrons. The topological polar surface area (TPSA) is 63.7 Å². The first kappa shape index (κ1) is 19.1. The molecule has 1 heterocycles. The maximum absolute atomic E-state index is 12.8. The lowest BCUT2D eigenvalue weighted by molar-refractivity contribution is -0.0622. The standard InChI is InChI=1S/C19H8I3NO4/c20-12-7-8-13(21)16(22)15(12)19(26)27-23-17(24)10-5-1-3-9-4-2-6-11(14(9)10)18(23)25/h1-8H. The second-order valence-corrected chi connectivity index (χ2v) is 9.11. The number of carbonyl (C=O) groups is 3. The van der Waals surface area contributed by atoms with Crippen molar-refractivity contribution in [2.45, 2.75) is 0 Å². The molecule has 0 spiro atoms. The summed E-state index contributed by atoms with van der Waals surface area (Å²) in [5.41, 5.74) is 1.01. The largest absolute Gasteiger partial charge is 0.366 e. The van der Waals surface area contributed by atoms with Crippen LogP contribution in [0, 0.1) is 10.7 Å². The van der Waals surface area contributed by atoms with Crippen LogP contribution in [0.25, 0.3) is 10.8 Å². The van der Waals surface area contributed by atoms with Gasteiger partial charge in [0.1, 0.15) is 0 Å². The van der Waals surface area contributed by atoms with Gasteiger partial charge in [-0.1, -0.05) is 29.3 Å². The molecule has 27 heavy (non-hydrogen) atoms. The van der Waals surface area contributed by atoms with E-state index in [1.807, 2.05) is 40.8 Å². The Kier molecular flexibility index (Phi) is 5.14. The van der Waals surface area contributed by atoms with Crippen molar-refractivity contribution in [1.82, 2.24) is 5.06 Å². The molecule has 0 fully saturated rings. The Labute approximate surface area is 194 Å². The highest BCUT2D eigenvalue weighted by molar-refractivity contribution is 14.1. The van der Waals surface area contributed by atoms with Crippen molar-refractivity contribution in [2.24, 2.45) is 0 Å². The van der Waals surface area contributed by atoms with E-state index in [4.69, 9.17) is 4.84 Å². The van der Waals surface area contributed by atoms with Crippen molar-refractivity contribution in [1.29, 1.82) is 0 Å². The zero-order valence-corrected chi connectivity index (χ0v) is 19.8. The van der Waals surface area contributed by atoms with Crippen LogP contribution in [0.5, 0.6) is 0 Å². The van der Waals surface area contributed by atoms with Crippen molar-refractivity contribution in [3.8, 4) is 0 Å². The first-order chi connectivity index (χ1) is 12.9. The molecule has 1 aliphatic rings. The molecule has 0 unspecified atom stereocenters. The Morgan fingerprint density at radius 3 is 1.96 bits per heavy atom. The molecule has 0 aromatic heterocycles. The third-order valence-electron chi connectivity index (χ3n) is 4.16. The highest BCUT2D eigenvalue weighted by Gasteiger charge is 2.36. The lowest BCUT2D eigenvalue weighted by Crippen LogP contribution is -2.42. The zero-order chi connectivity index (χ0) is 19.3. The second kappa shape index (κ2) is 7.28. The van der Waals surface area contributed by atoms with E-state index in [0.29, 0.717) is 34.3 Å². The number of hydrogen-bond acceptors (Lipinski definition) is 4. The molecule has 0 N–H and O–H groups in total. The minimum Gasteiger partial charge on any atom is -0.324 e. The highest BCUT2D eigenvalue weighted by Crippen LogP contribution is 2.31. The number of halogens is 3. The molecule has 4 rings (SSSR count). The highest BCUT2D eigenvalue weighted by atomic mass is 127. The molecule has 0 atom stereocenters. The van der Waals surface area contributed by atoms with E-state index in [9.17, 15) is 14.4 Å². The smallest absolute Gasteiger partial charge is 0.324 e. The van der Waals surface area contributed by atoms with Crippen LogP contribution in [-0.4, -0.2) is 22.8 Å². The van der Waals surface area contributed by atoms with Gasteiger partial charge >= 0.3 is 5.97 Å². The minimum atomic E-state index is -0.740. The van der Waals surface area contributed by atoms with E-state index in [1.165, 1.54) is 0 Å². The summed E-state index contributed by atoms with van der Waals surface area (Å²) >= 11 is 6.20. The van der Waals surface area contributed by atoms with E-state index < -0.39 is 17.8 Å². The van der Waals surface area contributed by atoms with Crippen LogP contribution >= 0.6 is 67.8 Å². The van der Waals surface area contributed by atoms with Crippen molar-refractivity contribution in [3.63, 3.8) is 0 Å². The second-order valence-electron chi connectivity index (χ2n) is 5.71. The predicted molar refractivity (Wildman–Crippen MR) is 124 cm³/mol. The van der Waals surface area contributed by atoms with Gasteiger partial charge in [0.15, 0.2) is 0 Å². The SMILES string of the molecule is O=C(ON1C(=O)c2cccc3cccc(c23)C1=O)c1c(I)ccc(I)c1I. The molecule has 8 heteroatoms. The number of imide groups is 1. The lowest BCUT2D eigenvalue weighted by Gasteiger charge is -2.25. The Hall–Kier alpha value is -1.28. The average Bonchev–Trinajstić information content (AvgIpc) is 2.66. The molecular formula is C19H8I3NO4. The number of hydroxylamine groups is 2. The van der Waals surface area contributed by atoms with Gasteiger partial charge < -0.3 is 4.84 Å². The van der Waals surface area contributed by atoms with Crippen molar-refractivity contribution >= 4 is 96.3 Å². The summed E-state index contributed by atoms with van der Waals surface area (Å²) in [5.74, 6) is -2.03. The first-order valence-corrected chi connectivity index (χ1v) is 10.9. The molecule has 5 nitrogen and oxygen atoms in total. The van der Waals surface area contributed by atoms with Crippen LogP contribution in [0.2, 0.25) is 0 Å². The minimum absolute atomic E-state index is 0.334. The number of nitrogens with zero attached hydrogens (tertiary/aromatic N) is 1. The van der Waals surface area contributed by atoms with Crippen LogP contribution in [0.3, 0.4) is 0 Å². The molecule has 0 saturated carbocycles. The van der Waals surface area contributed by atoms with Crippen LogP contribution in [0.15, 0.2) is 48.5 Å². The molecule has 3 aromatic rings. The Bertz CT molecular complexity index is 1110. The molecular weight excluding hydrogens is 687 g/mol. The number of rotatable bonds is 2. The summed E-state index contributed by atoms with van der Waals surface area (Å²) in [6.45, 7) is 0. The monoisotopic (exact) mass is 695 g/mol. The molecule has 0 bridgehead atoms. The summed E-state index contributed by atoms with van der Waals surface area (Å²) in [7, 11) is 0. The normalized spacial score (nSPS) is 13.2. The molecule has 0 saturated heterocycles. The summed E-state index contributed by atoms with van der Waals surface area (Å²) in [5, 5.41) is 1.94. The fourth-order valence-electron chi connectivity index (χ4n) is 2.93. The first-order valence-electron chi connectivity index (χ1n) is 7.66. The van der Waals surface area contributed by atoms with E-state index in [2.05, 4.69) is 45.2 Å². The molecule has 0 aliphatic carbocycles. The van der Waals surface area contributed by atoms with E-state index in [0.717, 1.165) is 8.96 Å². The molecule has 2 amide bonds. The maximum Gasteiger partial charge on any atom is 0.366 e. The van der Waals surface area contributed by atoms with Crippen LogP contribution < -0.4 is 0 Å². The summed E-state index contributed by atoms with van der Waals surface area (Å²) in [4.78, 5) is 43.7. The van der Waals surface area contributed by atoms with Gasteiger partial charge in [-0.2, -0.15) is 0 Å². The van der Waals surface area contributed by atoms with E-state index in [1.54, 1.807) is 30.3 Å². The molecule has 3 aromatic carbocycles. The van der Waals surface area contributed by atoms with E-state index in [-0.39, 0.29) is 0 Å². The lowest BCUT2D eigenvalue weighted by atomic mass is 9.95. The Morgan fingerprint density at radius 2 is 1.37 bits per heavy atom. The quantitative estimate of drug-likeness (QED) is 0.215. The van der Waals surface area contributed by atoms with Gasteiger partial charge in [0.05, 0.1) is 16.7 Å². The zero-order valence-electron chi connectivity index (χ0n) is 13.3. The third kappa shape index (κ3) is 3.14. The summed E-state index contributed by atoms with van der Waals surface area (Å²) < 4.78 is 2.28. The Balaban J connectivity index is 1.77. The molecule has 0 radical (unpaired) electrons. The van der Waals surface area contributed by atoms with E-state index >= 15 is 0 Å². The summed E-state index contributed by atoms with van der Waals surface area (Å²) in [6.07, 6.45) is 0. The van der Waals surface area contributed by atoms with Crippen molar-refractivity contribution < 1.29 is 19.2 Å². The maximum atomic E-state index is 12.8. The van der Waals surface area contributed by atoms with Gasteiger partial charge in [-0.15, -0.1) is 0 Å². The van der Waals surface area contributed by atoms with Crippen molar-refractivity contribution in [2.75, 3.05) is 0 Å². The third-order valence-corrected chi connectivity index (χ3v) is 8.11. The fraction of sp³-hybridized carbons (Fsp3) is 0. The van der Waals surface area contributed by atoms with Crippen LogP contribution in [-0.2, 0) is 4.84 Å². The van der Waals surface area contributed by atoms with Gasteiger partial charge in [-0.05, 0) is 97.4 Å². The van der Waals surface area contributed by atoms with Crippen LogP contribution in [0.1, 0.15) is 31.1 Å². The van der Waals surface area contributed by atoms with Gasteiger partial charge in [-0.3, -0.25) is 9.59 Å². The average molecular weight is 695 g/mol. The van der Waals surface area contributed by atoms with Gasteiger partial charge in [0.25, 0.3) is 11.8 Å². The number of benzene rings is 3. The molecule has 1 aliphatic heterocycles. The predicted octanol–water partition coefficient (Wildman–Crippen LogP) is 5.02. The van der Waals surface area contributed by atoms with Gasteiger partial charge in [0, 0.05) is 16.1 Å².